The highest BCUT2D eigenvalue weighted by Gasteiger charge is 2.42. The molecule has 0 saturated carbocycles. The van der Waals surface area contributed by atoms with Gasteiger partial charge in [0.05, 0.1) is 19.3 Å². The molecule has 1 unspecified atom stereocenters. The number of aliphatic hydroxyl groups is 1. The predicted molar refractivity (Wildman–Crippen MR) is 61.3 cm³/mol. The molecule has 118 valence electrons. The second kappa shape index (κ2) is 7.19. The molecule has 21 heavy (non-hydrogen) atoms. The third kappa shape index (κ3) is 6.33. The highest BCUT2D eigenvalue weighted by atomic mass is 16.4. The van der Waals surface area contributed by atoms with Crippen LogP contribution in [0.2, 0.25) is 0 Å². The van der Waals surface area contributed by atoms with Crippen molar-refractivity contribution in [1.29, 1.82) is 0 Å². The summed E-state index contributed by atoms with van der Waals surface area (Å²) >= 11 is 0. The van der Waals surface area contributed by atoms with Crippen LogP contribution in [0.4, 0.5) is 0 Å². The summed E-state index contributed by atoms with van der Waals surface area (Å²) in [7, 11) is 0. The first-order valence-corrected chi connectivity index (χ1v) is 5.39. The van der Waals surface area contributed by atoms with Crippen molar-refractivity contribution >= 4 is 29.8 Å². The Hall–Kier alpha value is -2.69. The van der Waals surface area contributed by atoms with Gasteiger partial charge in [-0.05, 0) is 0 Å². The third-order valence-electron chi connectivity index (χ3n) is 2.29. The summed E-state index contributed by atoms with van der Waals surface area (Å²) in [4.78, 5) is 54.0. The molecule has 1 atom stereocenters. The van der Waals surface area contributed by atoms with E-state index in [-0.39, 0.29) is 0 Å². The lowest BCUT2D eigenvalue weighted by molar-refractivity contribution is -0.160. The zero-order valence-corrected chi connectivity index (χ0v) is 10.5. The van der Waals surface area contributed by atoms with Crippen LogP contribution in [0.1, 0.15) is 19.3 Å². The molecule has 0 aliphatic heterocycles. The lowest BCUT2D eigenvalue weighted by atomic mass is 9.94. The number of carboxylic acid groups (broad SMARTS) is 4. The molecule has 0 heterocycles. The maximum atomic E-state index is 11.7. The summed E-state index contributed by atoms with van der Waals surface area (Å²) in [6.07, 6.45) is -3.60. The van der Waals surface area contributed by atoms with Gasteiger partial charge in [0.25, 0.3) is 5.91 Å². The second-order valence-corrected chi connectivity index (χ2v) is 4.13. The van der Waals surface area contributed by atoms with Crippen LogP contribution in [0.3, 0.4) is 0 Å². The lowest BCUT2D eigenvalue weighted by Gasteiger charge is -2.25. The molecule has 0 aliphatic carbocycles. The van der Waals surface area contributed by atoms with E-state index in [1.165, 1.54) is 0 Å². The minimum absolute atomic E-state index is 1.03. The van der Waals surface area contributed by atoms with E-state index in [4.69, 9.17) is 20.4 Å². The van der Waals surface area contributed by atoms with Crippen LogP contribution in [0.25, 0.3) is 0 Å². The van der Waals surface area contributed by atoms with Gasteiger partial charge in [-0.1, -0.05) is 0 Å². The number of carboxylic acids is 4. The quantitative estimate of drug-likeness (QED) is 0.269. The van der Waals surface area contributed by atoms with E-state index in [9.17, 15) is 29.1 Å². The van der Waals surface area contributed by atoms with E-state index >= 15 is 0 Å². The minimum atomic E-state index is -2.90. The van der Waals surface area contributed by atoms with Gasteiger partial charge in [-0.3, -0.25) is 19.2 Å². The standard InChI is InChI=1S/C10H13NO10/c12-5(13)1-4(8(18)19)11-9(20)10(21,2-6(14)15)3-7(16)17/h4,21H,1-3H2,(H,11,20)(H,12,13)(H,14,15)(H,16,17)(H,18,19). The molecule has 0 aromatic carbocycles. The van der Waals surface area contributed by atoms with Gasteiger partial charge in [0, 0.05) is 0 Å². The number of amides is 1. The fraction of sp³-hybridized carbons (Fsp3) is 0.500. The molecule has 11 heteroatoms. The summed E-state index contributed by atoms with van der Waals surface area (Å²) in [6.45, 7) is 0. The molecule has 0 fully saturated rings. The van der Waals surface area contributed by atoms with Crippen LogP contribution in [0, 0.1) is 0 Å². The van der Waals surface area contributed by atoms with Crippen LogP contribution in [0.15, 0.2) is 0 Å². The monoisotopic (exact) mass is 307 g/mol. The van der Waals surface area contributed by atoms with E-state index in [1.807, 2.05) is 0 Å². The van der Waals surface area contributed by atoms with Crippen molar-refractivity contribution in [2.24, 2.45) is 0 Å². The Morgan fingerprint density at radius 2 is 1.29 bits per heavy atom. The number of aliphatic carboxylic acids is 4. The summed E-state index contributed by atoms with van der Waals surface area (Å²) in [6, 6.07) is -1.94. The summed E-state index contributed by atoms with van der Waals surface area (Å²) < 4.78 is 0. The largest absolute Gasteiger partial charge is 0.481 e. The average molecular weight is 307 g/mol. The van der Waals surface area contributed by atoms with Gasteiger partial charge < -0.3 is 30.8 Å². The first-order valence-electron chi connectivity index (χ1n) is 5.39. The van der Waals surface area contributed by atoms with Gasteiger partial charge >= 0.3 is 23.9 Å². The molecule has 11 nitrogen and oxygen atoms in total. The first-order chi connectivity index (χ1) is 9.47. The Balaban J connectivity index is 5.18. The summed E-state index contributed by atoms with van der Waals surface area (Å²) in [5.41, 5.74) is -2.90. The minimum Gasteiger partial charge on any atom is -0.481 e. The lowest BCUT2D eigenvalue weighted by Crippen LogP contribution is -2.54. The molecule has 0 rings (SSSR count). The Bertz CT molecular complexity index is 454. The molecule has 0 aromatic rings. The van der Waals surface area contributed by atoms with Gasteiger partial charge in [-0.15, -0.1) is 0 Å². The zero-order chi connectivity index (χ0) is 16.8. The van der Waals surface area contributed by atoms with Crippen molar-refractivity contribution in [2.45, 2.75) is 30.9 Å². The highest BCUT2D eigenvalue weighted by Crippen LogP contribution is 2.17. The van der Waals surface area contributed by atoms with Crippen molar-refractivity contribution in [2.75, 3.05) is 0 Å². The Kier molecular flexibility index (Phi) is 6.27. The summed E-state index contributed by atoms with van der Waals surface area (Å²) in [5.74, 6) is -8.29. The Morgan fingerprint density at radius 3 is 1.57 bits per heavy atom. The van der Waals surface area contributed by atoms with Crippen LogP contribution >= 0.6 is 0 Å². The molecule has 0 bridgehead atoms. The first kappa shape index (κ1) is 18.3. The fourth-order valence-electron chi connectivity index (χ4n) is 1.39. The number of hydrogen-bond donors (Lipinski definition) is 6. The number of hydrogen-bond acceptors (Lipinski definition) is 6. The smallest absolute Gasteiger partial charge is 0.326 e. The SMILES string of the molecule is O=C(O)CC(NC(=O)C(O)(CC(=O)O)CC(=O)O)C(=O)O. The van der Waals surface area contributed by atoms with Gasteiger partial charge in [-0.2, -0.15) is 0 Å². The zero-order valence-electron chi connectivity index (χ0n) is 10.5. The maximum absolute atomic E-state index is 11.7. The van der Waals surface area contributed by atoms with Crippen LogP contribution in [-0.2, 0) is 24.0 Å². The van der Waals surface area contributed by atoms with Crippen molar-refractivity contribution in [3.63, 3.8) is 0 Å². The van der Waals surface area contributed by atoms with Gasteiger partial charge in [0.1, 0.15) is 6.04 Å². The van der Waals surface area contributed by atoms with E-state index in [2.05, 4.69) is 0 Å². The highest BCUT2D eigenvalue weighted by molar-refractivity contribution is 5.95. The summed E-state index contributed by atoms with van der Waals surface area (Å²) in [5, 5.41) is 45.7. The van der Waals surface area contributed by atoms with E-state index in [0.29, 0.717) is 0 Å². The number of carbonyl (C=O) groups excluding carboxylic acids is 1. The average Bonchev–Trinajstić information content (AvgIpc) is 2.24. The van der Waals surface area contributed by atoms with Crippen molar-refractivity contribution in [3.8, 4) is 0 Å². The molecule has 0 saturated heterocycles. The fourth-order valence-corrected chi connectivity index (χ4v) is 1.39. The van der Waals surface area contributed by atoms with Gasteiger partial charge in [-0.25, -0.2) is 4.79 Å². The van der Waals surface area contributed by atoms with Crippen molar-refractivity contribution < 1.29 is 49.5 Å². The van der Waals surface area contributed by atoms with E-state index in [0.717, 1.165) is 0 Å². The van der Waals surface area contributed by atoms with Gasteiger partial charge in [0.2, 0.25) is 0 Å². The van der Waals surface area contributed by atoms with Crippen LogP contribution < -0.4 is 5.32 Å². The van der Waals surface area contributed by atoms with Crippen LogP contribution in [0.5, 0.6) is 0 Å². The Morgan fingerprint density at radius 1 is 0.857 bits per heavy atom. The molecule has 0 radical (unpaired) electrons. The van der Waals surface area contributed by atoms with Gasteiger partial charge in [0.15, 0.2) is 5.60 Å². The topological polar surface area (TPSA) is 199 Å². The second-order valence-electron chi connectivity index (χ2n) is 4.13. The molecule has 0 spiro atoms. The predicted octanol–water partition coefficient (Wildman–Crippen LogP) is -2.29. The number of carbonyl (C=O) groups is 5. The van der Waals surface area contributed by atoms with Crippen molar-refractivity contribution in [3.05, 3.63) is 0 Å². The molecule has 6 N–H and O–H groups in total. The molecule has 0 aliphatic rings. The van der Waals surface area contributed by atoms with Crippen molar-refractivity contribution in [1.82, 2.24) is 5.32 Å². The molecular formula is C10H13NO10. The molecular weight excluding hydrogens is 294 g/mol. The number of nitrogens with one attached hydrogen (secondary N) is 1. The maximum Gasteiger partial charge on any atom is 0.326 e. The molecule has 1 amide bonds. The van der Waals surface area contributed by atoms with Crippen LogP contribution in [-0.4, -0.2) is 67.0 Å². The Labute approximate surface area is 116 Å². The number of rotatable bonds is 9. The normalized spacial score (nSPS) is 12.2. The van der Waals surface area contributed by atoms with E-state index in [1.54, 1.807) is 5.32 Å². The third-order valence-corrected chi connectivity index (χ3v) is 2.29. The molecule has 0 aromatic heterocycles. The van der Waals surface area contributed by atoms with E-state index < -0.39 is 60.7 Å².